The molecule has 0 saturated carbocycles. The number of hydrogen-bond acceptors (Lipinski definition) is 4. The molecule has 0 radical (unpaired) electrons. The highest BCUT2D eigenvalue weighted by Crippen LogP contribution is 2.40. The number of hydrogen-bond donors (Lipinski definition) is 2. The Kier molecular flexibility index (Phi) is 8.36. The van der Waals surface area contributed by atoms with E-state index < -0.39 is 5.91 Å². The fourth-order valence-electron chi connectivity index (χ4n) is 2.32. The number of benzene rings is 2. The average molecular weight is 598 g/mol. The van der Waals surface area contributed by atoms with E-state index in [1.54, 1.807) is 6.07 Å². The highest BCUT2D eigenvalue weighted by atomic mass is 79.9. The molecule has 2 aromatic carbocycles. The number of ether oxygens (including phenoxy) is 1. The van der Waals surface area contributed by atoms with E-state index in [9.17, 15) is 9.90 Å². The third-order valence-electron chi connectivity index (χ3n) is 3.85. The number of hydrazone groups is 1. The molecule has 2 N–H and O–H groups in total. The van der Waals surface area contributed by atoms with Crippen LogP contribution in [0.2, 0.25) is 5.02 Å². The van der Waals surface area contributed by atoms with Gasteiger partial charge in [-0.25, -0.2) is 5.43 Å². The summed E-state index contributed by atoms with van der Waals surface area (Å²) in [5, 5.41) is 14.2. The van der Waals surface area contributed by atoms with Crippen molar-refractivity contribution in [3.63, 3.8) is 0 Å². The average Bonchev–Trinajstić information content (AvgIpc) is 2.62. The lowest BCUT2D eigenvalue weighted by Crippen LogP contribution is -2.25. The second-order valence-corrected chi connectivity index (χ2v) is 9.22. The van der Waals surface area contributed by atoms with Crippen LogP contribution in [-0.4, -0.2) is 23.8 Å². The zero-order valence-electron chi connectivity index (χ0n) is 15.3. The van der Waals surface area contributed by atoms with Crippen molar-refractivity contribution < 1.29 is 14.6 Å². The standard InChI is InChI=1S/C19H18Br3ClN2O3/c1-9(2)13-6-14(20)10(3)17(22)19(13)28-8-16(26)25-24-7-11-4-12(23)5-15(21)18(11)27/h4-7,9,27H,8H2,1-3H3,(H,25,26)/b24-7-. The number of carbonyl (C=O) groups is 1. The van der Waals surface area contributed by atoms with Gasteiger partial charge in [0.1, 0.15) is 11.5 Å². The number of amides is 1. The van der Waals surface area contributed by atoms with Crippen molar-refractivity contribution in [1.29, 1.82) is 0 Å². The van der Waals surface area contributed by atoms with Crippen LogP contribution in [0.1, 0.15) is 36.5 Å². The second kappa shape index (κ2) is 10.1. The minimum Gasteiger partial charge on any atom is -0.506 e. The number of nitrogens with one attached hydrogen (secondary N) is 1. The number of aromatic hydroxyl groups is 1. The Morgan fingerprint density at radius 2 is 1.96 bits per heavy atom. The molecule has 150 valence electrons. The molecule has 0 aromatic heterocycles. The van der Waals surface area contributed by atoms with Gasteiger partial charge in [0, 0.05) is 15.1 Å². The summed E-state index contributed by atoms with van der Waals surface area (Å²) in [4.78, 5) is 12.1. The van der Waals surface area contributed by atoms with Gasteiger partial charge in [0.25, 0.3) is 5.91 Å². The lowest BCUT2D eigenvalue weighted by atomic mass is 10.0. The lowest BCUT2D eigenvalue weighted by molar-refractivity contribution is -0.123. The van der Waals surface area contributed by atoms with Crippen LogP contribution in [-0.2, 0) is 4.79 Å². The summed E-state index contributed by atoms with van der Waals surface area (Å²) in [6.45, 7) is 5.85. The molecule has 0 spiro atoms. The predicted molar refractivity (Wildman–Crippen MR) is 123 cm³/mol. The molecule has 0 atom stereocenters. The Morgan fingerprint density at radius 3 is 2.61 bits per heavy atom. The van der Waals surface area contributed by atoms with Crippen molar-refractivity contribution in [1.82, 2.24) is 5.43 Å². The summed E-state index contributed by atoms with van der Waals surface area (Å²) in [5.74, 6) is 0.397. The fourth-order valence-corrected chi connectivity index (χ4v) is 4.42. The molecule has 0 unspecified atom stereocenters. The van der Waals surface area contributed by atoms with Crippen LogP contribution in [0.25, 0.3) is 0 Å². The maximum absolute atomic E-state index is 12.1. The highest BCUT2D eigenvalue weighted by molar-refractivity contribution is 9.11. The Morgan fingerprint density at radius 1 is 1.29 bits per heavy atom. The van der Waals surface area contributed by atoms with Gasteiger partial charge in [0.05, 0.1) is 15.2 Å². The molecule has 0 aliphatic rings. The van der Waals surface area contributed by atoms with Crippen molar-refractivity contribution >= 4 is 71.5 Å². The van der Waals surface area contributed by atoms with E-state index in [-0.39, 0.29) is 18.3 Å². The zero-order valence-corrected chi connectivity index (χ0v) is 20.8. The minimum absolute atomic E-state index is 0.0190. The Bertz CT molecular complexity index is 933. The molecule has 28 heavy (non-hydrogen) atoms. The Balaban J connectivity index is 2.07. The van der Waals surface area contributed by atoms with Gasteiger partial charge in [-0.05, 0) is 74.0 Å². The number of rotatable bonds is 6. The van der Waals surface area contributed by atoms with Gasteiger partial charge in [-0.15, -0.1) is 0 Å². The summed E-state index contributed by atoms with van der Waals surface area (Å²) in [5.41, 5.74) is 4.71. The summed E-state index contributed by atoms with van der Waals surface area (Å²) < 4.78 is 7.97. The Labute approximate surface area is 193 Å². The van der Waals surface area contributed by atoms with Crippen LogP contribution in [0, 0.1) is 6.92 Å². The molecule has 0 bridgehead atoms. The summed E-state index contributed by atoms with van der Waals surface area (Å²) in [6.07, 6.45) is 1.31. The summed E-state index contributed by atoms with van der Waals surface area (Å²) >= 11 is 16.2. The number of carbonyl (C=O) groups excluding carboxylic acids is 1. The van der Waals surface area contributed by atoms with E-state index in [0.29, 0.717) is 20.8 Å². The molecule has 1 amide bonds. The quantitative estimate of drug-likeness (QED) is 0.304. The van der Waals surface area contributed by atoms with Gasteiger partial charge in [0.2, 0.25) is 0 Å². The molecule has 0 aliphatic heterocycles. The number of phenols is 1. The van der Waals surface area contributed by atoms with Gasteiger partial charge in [-0.3, -0.25) is 4.79 Å². The predicted octanol–water partition coefficient (Wildman–Crippen LogP) is 6.29. The van der Waals surface area contributed by atoms with Crippen LogP contribution in [0.4, 0.5) is 0 Å². The lowest BCUT2D eigenvalue weighted by Gasteiger charge is -2.18. The minimum atomic E-state index is -0.431. The third kappa shape index (κ3) is 5.72. The van der Waals surface area contributed by atoms with Gasteiger partial charge < -0.3 is 9.84 Å². The van der Waals surface area contributed by atoms with E-state index in [1.165, 1.54) is 12.3 Å². The molecule has 0 fully saturated rings. The van der Waals surface area contributed by atoms with Crippen molar-refractivity contribution in [3.8, 4) is 11.5 Å². The van der Waals surface area contributed by atoms with E-state index in [0.717, 1.165) is 20.1 Å². The molecule has 9 heteroatoms. The summed E-state index contributed by atoms with van der Waals surface area (Å²) in [7, 11) is 0. The van der Waals surface area contributed by atoms with Crippen LogP contribution in [0.5, 0.6) is 11.5 Å². The first-order valence-corrected chi connectivity index (χ1v) is 11.0. The SMILES string of the molecule is Cc1c(Br)cc(C(C)C)c(OCC(=O)N/N=C\c2cc(Cl)cc(Br)c2O)c1Br. The van der Waals surface area contributed by atoms with E-state index in [2.05, 4.69) is 72.2 Å². The normalized spacial score (nSPS) is 11.3. The fraction of sp³-hybridized carbons (Fsp3) is 0.263. The van der Waals surface area contributed by atoms with Crippen LogP contribution in [0.15, 0.2) is 36.7 Å². The van der Waals surface area contributed by atoms with Gasteiger partial charge in [0.15, 0.2) is 6.61 Å². The molecule has 2 rings (SSSR count). The van der Waals surface area contributed by atoms with Crippen molar-refractivity contribution in [2.45, 2.75) is 26.7 Å². The molecule has 2 aromatic rings. The molecular weight excluding hydrogens is 579 g/mol. The molecular formula is C19H18Br3ClN2O3. The molecule has 0 heterocycles. The number of halogens is 4. The van der Waals surface area contributed by atoms with Gasteiger partial charge >= 0.3 is 0 Å². The second-order valence-electron chi connectivity index (χ2n) is 6.28. The monoisotopic (exact) mass is 594 g/mol. The van der Waals surface area contributed by atoms with E-state index in [1.807, 2.05) is 13.0 Å². The molecule has 0 aliphatic carbocycles. The van der Waals surface area contributed by atoms with Crippen LogP contribution >= 0.6 is 59.4 Å². The van der Waals surface area contributed by atoms with E-state index in [4.69, 9.17) is 16.3 Å². The van der Waals surface area contributed by atoms with Crippen molar-refractivity contribution in [2.75, 3.05) is 6.61 Å². The van der Waals surface area contributed by atoms with Crippen molar-refractivity contribution in [2.24, 2.45) is 5.10 Å². The van der Waals surface area contributed by atoms with Gasteiger partial charge in [-0.2, -0.15) is 5.10 Å². The maximum atomic E-state index is 12.1. The van der Waals surface area contributed by atoms with E-state index >= 15 is 0 Å². The highest BCUT2D eigenvalue weighted by Gasteiger charge is 2.17. The Hall–Kier alpha value is -1.09. The maximum Gasteiger partial charge on any atom is 0.277 e. The largest absolute Gasteiger partial charge is 0.506 e. The summed E-state index contributed by atoms with van der Waals surface area (Å²) in [6, 6.07) is 5.09. The molecule has 5 nitrogen and oxygen atoms in total. The first-order valence-electron chi connectivity index (χ1n) is 8.23. The van der Waals surface area contributed by atoms with Crippen LogP contribution in [0.3, 0.4) is 0 Å². The zero-order chi connectivity index (χ0) is 21.0. The third-order valence-corrected chi connectivity index (χ3v) is 6.45. The van der Waals surface area contributed by atoms with Crippen molar-refractivity contribution in [3.05, 3.63) is 53.3 Å². The van der Waals surface area contributed by atoms with Crippen LogP contribution < -0.4 is 10.2 Å². The first kappa shape index (κ1) is 23.2. The van der Waals surface area contributed by atoms with Gasteiger partial charge in [-0.1, -0.05) is 41.4 Å². The first-order chi connectivity index (χ1) is 13.1. The topological polar surface area (TPSA) is 70.9 Å². The molecule has 0 saturated heterocycles. The number of phenolic OH excluding ortho intramolecular Hbond substituents is 1. The number of nitrogens with zero attached hydrogens (tertiary/aromatic N) is 1. The smallest absolute Gasteiger partial charge is 0.277 e.